The van der Waals surface area contributed by atoms with Gasteiger partial charge in [-0.15, -0.1) is 0 Å². The van der Waals surface area contributed by atoms with Crippen LogP contribution in [-0.4, -0.2) is 51.0 Å². The largest absolute Gasteiger partial charge is 0.416 e. The quantitative estimate of drug-likeness (QED) is 0.386. The van der Waals surface area contributed by atoms with Gasteiger partial charge in [0.15, 0.2) is 0 Å². The number of aromatic nitrogens is 3. The first kappa shape index (κ1) is 27.6. The summed E-state index contributed by atoms with van der Waals surface area (Å²) in [4.78, 5) is 17.3. The second kappa shape index (κ2) is 10.6. The third-order valence-electron chi connectivity index (χ3n) is 8.30. The van der Waals surface area contributed by atoms with E-state index in [1.54, 1.807) is 17.7 Å². The third-order valence-corrected chi connectivity index (χ3v) is 8.30. The van der Waals surface area contributed by atoms with Crippen LogP contribution in [0.3, 0.4) is 0 Å². The fraction of sp³-hybridized carbons (Fsp3) is 0.571. The zero-order chi connectivity index (χ0) is 28.1. The van der Waals surface area contributed by atoms with Crippen LogP contribution in [0.1, 0.15) is 69.9 Å². The number of aryl methyl sites for hydroxylation is 1. The molecule has 0 amide bonds. The van der Waals surface area contributed by atoms with Crippen LogP contribution in [0.25, 0.3) is 11.0 Å². The molecule has 0 saturated carbocycles. The topological polar surface area (TPSA) is 55.5 Å². The van der Waals surface area contributed by atoms with Gasteiger partial charge in [-0.05, 0) is 51.7 Å². The maximum atomic E-state index is 14.9. The van der Waals surface area contributed by atoms with E-state index < -0.39 is 23.6 Å². The Bertz CT molecular complexity index is 1400. The van der Waals surface area contributed by atoms with Crippen molar-refractivity contribution in [2.75, 3.05) is 24.6 Å². The number of hydrogen-bond donors (Lipinski definition) is 0. The van der Waals surface area contributed by atoms with E-state index >= 15 is 0 Å². The van der Waals surface area contributed by atoms with Gasteiger partial charge in [-0.2, -0.15) is 18.3 Å². The van der Waals surface area contributed by atoms with Crippen molar-refractivity contribution in [1.82, 2.24) is 19.2 Å². The zero-order valence-electron chi connectivity index (χ0n) is 22.7. The molecule has 2 saturated heterocycles. The molecule has 2 aromatic heterocycles. The molecule has 5 rings (SSSR count). The second-order valence-corrected chi connectivity index (χ2v) is 10.8. The molecule has 0 spiro atoms. The molecule has 2 aliphatic rings. The van der Waals surface area contributed by atoms with Gasteiger partial charge in [0.25, 0.3) is 5.56 Å². The molecule has 0 radical (unpaired) electrons. The first-order chi connectivity index (χ1) is 18.5. The molecule has 11 heteroatoms. The Hall–Kier alpha value is -2.92. The van der Waals surface area contributed by atoms with Crippen LogP contribution in [0.2, 0.25) is 0 Å². The lowest BCUT2D eigenvalue weighted by molar-refractivity contribution is -0.137. The Kier molecular flexibility index (Phi) is 7.49. The van der Waals surface area contributed by atoms with Gasteiger partial charge in [0.2, 0.25) is 0 Å². The molecule has 0 bridgehead atoms. The molecular weight excluding hydrogens is 514 g/mol. The fourth-order valence-electron chi connectivity index (χ4n) is 5.97. The maximum Gasteiger partial charge on any atom is 0.416 e. The minimum absolute atomic E-state index is 0.0132. The summed E-state index contributed by atoms with van der Waals surface area (Å²) in [5.74, 6) is -0.856. The Balaban J connectivity index is 1.45. The van der Waals surface area contributed by atoms with Gasteiger partial charge in [0.1, 0.15) is 17.6 Å². The van der Waals surface area contributed by atoms with E-state index in [-0.39, 0.29) is 29.4 Å². The summed E-state index contributed by atoms with van der Waals surface area (Å²) < 4.78 is 63.4. The molecule has 3 aromatic rings. The predicted octanol–water partition coefficient (Wildman–Crippen LogP) is 5.64. The van der Waals surface area contributed by atoms with E-state index in [9.17, 15) is 22.4 Å². The summed E-state index contributed by atoms with van der Waals surface area (Å²) >= 11 is 0. The number of ether oxygens (including phenoxy) is 1. The number of benzene rings is 1. The van der Waals surface area contributed by atoms with Crippen LogP contribution in [0.4, 0.5) is 23.2 Å². The van der Waals surface area contributed by atoms with Gasteiger partial charge in [-0.1, -0.05) is 13.0 Å². The van der Waals surface area contributed by atoms with Crippen molar-refractivity contribution < 1.29 is 22.3 Å². The normalized spacial score (nSPS) is 23.9. The Morgan fingerprint density at radius 1 is 1.18 bits per heavy atom. The van der Waals surface area contributed by atoms with Crippen molar-refractivity contribution >= 4 is 16.7 Å². The molecule has 0 N–H and O–H groups in total. The molecule has 0 aliphatic carbocycles. The van der Waals surface area contributed by atoms with Gasteiger partial charge in [0.05, 0.1) is 23.0 Å². The van der Waals surface area contributed by atoms with Gasteiger partial charge in [0, 0.05) is 56.5 Å². The van der Waals surface area contributed by atoms with Crippen LogP contribution < -0.4 is 10.5 Å². The molecule has 2 aliphatic heterocycles. The molecule has 1 aromatic carbocycles. The maximum absolute atomic E-state index is 14.9. The fourth-order valence-corrected chi connectivity index (χ4v) is 5.97. The minimum Gasteiger partial charge on any atom is -0.364 e. The molecule has 4 heterocycles. The number of alkyl halides is 3. The number of nitrogens with zero attached hydrogens (tertiary/aromatic N) is 5. The summed E-state index contributed by atoms with van der Waals surface area (Å²) in [6.45, 7) is 7.71. The SMILES string of the molecule is CC[C@@H]1CN(c2cc(=O)n(C)c3cn(C4CCCCO4)nc23)[C@@H](C)CN1C(C)c1ccc(C(F)(F)F)cc1F. The van der Waals surface area contributed by atoms with Crippen LogP contribution in [0.15, 0.2) is 35.3 Å². The minimum atomic E-state index is -4.59. The number of rotatable bonds is 5. The van der Waals surface area contributed by atoms with Crippen molar-refractivity contribution in [3.05, 3.63) is 57.8 Å². The Labute approximate surface area is 224 Å². The van der Waals surface area contributed by atoms with E-state index in [2.05, 4.69) is 9.80 Å². The highest BCUT2D eigenvalue weighted by Crippen LogP contribution is 2.36. The lowest BCUT2D eigenvalue weighted by Gasteiger charge is -2.48. The van der Waals surface area contributed by atoms with Crippen molar-refractivity contribution in [3.8, 4) is 0 Å². The highest BCUT2D eigenvalue weighted by atomic mass is 19.4. The van der Waals surface area contributed by atoms with Gasteiger partial charge in [-0.25, -0.2) is 9.07 Å². The standard InChI is InChI=1S/C28H35F4N5O2/c1-5-20-15-35(17(2)14-36(20)18(3)21-10-9-19(12-22(21)29)28(30,31)32)23-13-25(38)34(4)24-16-37(33-27(23)24)26-8-6-7-11-39-26/h9-10,12-13,16-18,20,26H,5-8,11,14-15H2,1-4H3/t17-,18?,20+,26?/m0/s1. The smallest absolute Gasteiger partial charge is 0.364 e. The molecule has 2 fully saturated rings. The van der Waals surface area contributed by atoms with Gasteiger partial charge >= 0.3 is 6.18 Å². The van der Waals surface area contributed by atoms with Crippen LogP contribution >= 0.6 is 0 Å². The first-order valence-electron chi connectivity index (χ1n) is 13.6. The average molecular weight is 550 g/mol. The first-order valence-corrected chi connectivity index (χ1v) is 13.6. The van der Waals surface area contributed by atoms with E-state index in [1.165, 1.54) is 6.07 Å². The molecule has 2 unspecified atom stereocenters. The van der Waals surface area contributed by atoms with Crippen molar-refractivity contribution in [2.24, 2.45) is 7.05 Å². The van der Waals surface area contributed by atoms with Crippen LogP contribution in [0.5, 0.6) is 0 Å². The highest BCUT2D eigenvalue weighted by Gasteiger charge is 2.37. The number of pyridine rings is 1. The van der Waals surface area contributed by atoms with Crippen molar-refractivity contribution in [1.29, 1.82) is 0 Å². The van der Waals surface area contributed by atoms with E-state index in [0.29, 0.717) is 25.8 Å². The predicted molar refractivity (Wildman–Crippen MR) is 141 cm³/mol. The van der Waals surface area contributed by atoms with Crippen LogP contribution in [-0.2, 0) is 18.0 Å². The molecule has 7 nitrogen and oxygen atoms in total. The number of anilines is 1. The summed E-state index contributed by atoms with van der Waals surface area (Å²) in [7, 11) is 1.73. The Morgan fingerprint density at radius 2 is 1.95 bits per heavy atom. The zero-order valence-corrected chi connectivity index (χ0v) is 22.7. The summed E-state index contributed by atoms with van der Waals surface area (Å²) in [6, 6.07) is 3.90. The van der Waals surface area contributed by atoms with E-state index in [0.717, 1.165) is 48.5 Å². The van der Waals surface area contributed by atoms with Crippen molar-refractivity contribution in [2.45, 2.75) is 77.0 Å². The number of halogens is 4. The highest BCUT2D eigenvalue weighted by molar-refractivity contribution is 5.88. The molecular formula is C28H35F4N5O2. The van der Waals surface area contributed by atoms with E-state index in [1.807, 2.05) is 31.6 Å². The van der Waals surface area contributed by atoms with Crippen LogP contribution in [0, 0.1) is 5.82 Å². The summed E-state index contributed by atoms with van der Waals surface area (Å²) in [5, 5.41) is 4.88. The average Bonchev–Trinajstić information content (AvgIpc) is 3.36. The number of fused-ring (bicyclic) bond motifs is 1. The summed E-state index contributed by atoms with van der Waals surface area (Å²) in [5.41, 5.74) is 1.32. The Morgan fingerprint density at radius 3 is 2.59 bits per heavy atom. The van der Waals surface area contributed by atoms with E-state index in [4.69, 9.17) is 9.84 Å². The van der Waals surface area contributed by atoms with Gasteiger partial charge < -0.3 is 14.2 Å². The lowest BCUT2D eigenvalue weighted by atomic mass is 9.97. The molecule has 39 heavy (non-hydrogen) atoms. The molecule has 4 atom stereocenters. The van der Waals surface area contributed by atoms with Gasteiger partial charge in [-0.3, -0.25) is 9.69 Å². The second-order valence-electron chi connectivity index (χ2n) is 10.8. The van der Waals surface area contributed by atoms with Crippen molar-refractivity contribution in [3.63, 3.8) is 0 Å². The number of hydrogen-bond acceptors (Lipinski definition) is 5. The lowest BCUT2D eigenvalue weighted by Crippen LogP contribution is -2.58. The monoisotopic (exact) mass is 549 g/mol. The third kappa shape index (κ3) is 5.18. The molecule has 212 valence electrons. The summed E-state index contributed by atoms with van der Waals surface area (Å²) in [6.07, 6.45) is 0.812. The number of piperazine rings is 1.